The largest absolute Gasteiger partial charge is 0.506 e. The molecule has 0 radical (unpaired) electrons. The summed E-state index contributed by atoms with van der Waals surface area (Å²) in [5.41, 5.74) is -2.12. The summed E-state index contributed by atoms with van der Waals surface area (Å²) < 4.78 is 4.90. The lowest BCUT2D eigenvalue weighted by Gasteiger charge is -2.36. The van der Waals surface area contributed by atoms with Gasteiger partial charge in [0.2, 0.25) is 11.7 Å². The average molecular weight is 482 g/mol. The van der Waals surface area contributed by atoms with Gasteiger partial charge in [0.15, 0.2) is 11.3 Å². The molecule has 0 saturated carbocycles. The quantitative estimate of drug-likeness (QED) is 0.177. The summed E-state index contributed by atoms with van der Waals surface area (Å²) >= 11 is 0. The number of carbonyl (C=O) groups excluding carboxylic acids is 2. The lowest BCUT2D eigenvalue weighted by atomic mass is 9.84. The highest BCUT2D eigenvalue weighted by atomic mass is 16.6. The molecule has 2 aromatic rings. The molecule has 0 aliphatic heterocycles. The summed E-state index contributed by atoms with van der Waals surface area (Å²) in [5, 5.41) is 44.4. The molecule has 2 amide bonds. The first kappa shape index (κ1) is 26.7. The van der Waals surface area contributed by atoms with Crippen molar-refractivity contribution in [1.29, 1.82) is 5.26 Å². The van der Waals surface area contributed by atoms with Gasteiger partial charge in [0.1, 0.15) is 17.9 Å². The van der Waals surface area contributed by atoms with Gasteiger partial charge >= 0.3 is 5.69 Å². The topological polar surface area (TPSA) is 166 Å². The molecule has 11 heteroatoms. The standard InChI is InChI=1S/C24H26N4O7/c1-24(2,3)21(22(31)26-15-9-7-6-8-10-15)27(4)23(32)16(13-25)19(29)14-11-17(28(33)34)20(30)18(12-14)35-5/h6-12,21,29-30H,1-5H3,(H,26,31)/b19-16-. The number of phenolic OH excluding ortho intramolecular Hbond substituents is 1. The molecular weight excluding hydrogens is 456 g/mol. The molecule has 0 bridgehead atoms. The molecule has 0 aromatic heterocycles. The first-order valence-corrected chi connectivity index (χ1v) is 10.4. The third kappa shape index (κ3) is 5.86. The van der Waals surface area contributed by atoms with Gasteiger partial charge in [-0.3, -0.25) is 19.7 Å². The van der Waals surface area contributed by atoms with E-state index in [9.17, 15) is 35.2 Å². The number of nitro benzene ring substituents is 1. The number of hydrogen-bond donors (Lipinski definition) is 3. The van der Waals surface area contributed by atoms with E-state index in [4.69, 9.17) is 4.74 Å². The van der Waals surface area contributed by atoms with Crippen LogP contribution in [-0.2, 0) is 9.59 Å². The van der Waals surface area contributed by atoms with Gasteiger partial charge in [-0.2, -0.15) is 5.26 Å². The average Bonchev–Trinajstić information content (AvgIpc) is 2.78. The summed E-state index contributed by atoms with van der Waals surface area (Å²) in [4.78, 5) is 37.8. The number of anilines is 1. The molecule has 1 atom stereocenters. The van der Waals surface area contributed by atoms with Crippen molar-refractivity contribution in [2.45, 2.75) is 26.8 Å². The van der Waals surface area contributed by atoms with E-state index in [0.717, 1.165) is 24.1 Å². The van der Waals surface area contributed by atoms with E-state index in [-0.39, 0.29) is 11.3 Å². The number of methoxy groups -OCH3 is 1. The van der Waals surface area contributed by atoms with Crippen molar-refractivity contribution in [3.05, 3.63) is 63.7 Å². The number of phenols is 1. The summed E-state index contributed by atoms with van der Waals surface area (Å²) in [6.45, 7) is 5.20. The van der Waals surface area contributed by atoms with Gasteiger partial charge in [-0.15, -0.1) is 0 Å². The van der Waals surface area contributed by atoms with Crippen LogP contribution in [0.5, 0.6) is 11.5 Å². The Kier molecular flexibility index (Phi) is 8.04. The Bertz CT molecular complexity index is 1210. The Morgan fingerprint density at radius 3 is 2.31 bits per heavy atom. The highest BCUT2D eigenvalue weighted by molar-refractivity contribution is 6.06. The molecule has 0 saturated heterocycles. The molecule has 11 nitrogen and oxygen atoms in total. The van der Waals surface area contributed by atoms with Crippen LogP contribution in [0.2, 0.25) is 0 Å². The van der Waals surface area contributed by atoms with Gasteiger partial charge in [-0.25, -0.2) is 0 Å². The van der Waals surface area contributed by atoms with Crippen molar-refractivity contribution in [2.24, 2.45) is 5.41 Å². The number of likely N-dealkylation sites (N-methyl/N-ethyl adjacent to an activating group) is 1. The smallest absolute Gasteiger partial charge is 0.315 e. The number of aromatic hydroxyl groups is 1. The number of nitrogens with zero attached hydrogens (tertiary/aromatic N) is 3. The number of para-hydroxylation sites is 1. The van der Waals surface area contributed by atoms with Crippen LogP contribution in [0.15, 0.2) is 48.0 Å². The number of carbonyl (C=O) groups is 2. The van der Waals surface area contributed by atoms with E-state index in [1.165, 1.54) is 7.05 Å². The van der Waals surface area contributed by atoms with Crippen molar-refractivity contribution in [2.75, 3.05) is 19.5 Å². The Labute approximate surface area is 202 Å². The van der Waals surface area contributed by atoms with Crippen molar-refractivity contribution < 1.29 is 29.5 Å². The molecule has 0 fully saturated rings. The third-order valence-electron chi connectivity index (χ3n) is 5.12. The highest BCUT2D eigenvalue weighted by Crippen LogP contribution is 2.39. The minimum absolute atomic E-state index is 0.300. The van der Waals surface area contributed by atoms with Crippen LogP contribution in [0.1, 0.15) is 26.3 Å². The number of aliphatic hydroxyl groups is 1. The molecule has 35 heavy (non-hydrogen) atoms. The van der Waals surface area contributed by atoms with Gasteiger partial charge in [-0.05, 0) is 23.6 Å². The van der Waals surface area contributed by atoms with Gasteiger partial charge in [0.05, 0.1) is 12.0 Å². The van der Waals surface area contributed by atoms with Crippen LogP contribution in [0.25, 0.3) is 5.76 Å². The van der Waals surface area contributed by atoms with E-state index in [1.54, 1.807) is 57.2 Å². The predicted molar refractivity (Wildman–Crippen MR) is 128 cm³/mol. The van der Waals surface area contributed by atoms with E-state index < -0.39 is 51.0 Å². The molecule has 0 heterocycles. The summed E-state index contributed by atoms with van der Waals surface area (Å²) in [6, 6.07) is 11.0. The van der Waals surface area contributed by atoms with Crippen LogP contribution in [-0.4, -0.2) is 52.0 Å². The SMILES string of the molecule is COc1cc(/C(O)=C(\C#N)C(=O)N(C)C(C(=O)Nc2ccccc2)C(C)(C)C)cc([N+](=O)[O-])c1O. The van der Waals surface area contributed by atoms with Gasteiger partial charge in [0, 0.05) is 24.4 Å². The van der Waals surface area contributed by atoms with Crippen LogP contribution >= 0.6 is 0 Å². The lowest BCUT2D eigenvalue weighted by molar-refractivity contribution is -0.386. The van der Waals surface area contributed by atoms with Crippen LogP contribution < -0.4 is 10.1 Å². The number of nitro groups is 1. The van der Waals surface area contributed by atoms with Crippen LogP contribution in [0.3, 0.4) is 0 Å². The zero-order valence-corrected chi connectivity index (χ0v) is 19.9. The molecule has 0 spiro atoms. The minimum Gasteiger partial charge on any atom is -0.506 e. The highest BCUT2D eigenvalue weighted by Gasteiger charge is 2.39. The summed E-state index contributed by atoms with van der Waals surface area (Å²) in [6.07, 6.45) is 0. The maximum atomic E-state index is 13.3. The fourth-order valence-electron chi connectivity index (χ4n) is 3.55. The van der Waals surface area contributed by atoms with Gasteiger partial charge < -0.3 is 25.2 Å². The van der Waals surface area contributed by atoms with E-state index in [2.05, 4.69) is 5.32 Å². The Morgan fingerprint density at radius 2 is 1.83 bits per heavy atom. The molecule has 2 aromatic carbocycles. The van der Waals surface area contributed by atoms with Crippen molar-refractivity contribution in [3.63, 3.8) is 0 Å². The number of amides is 2. The normalized spacial score (nSPS) is 12.6. The van der Waals surface area contributed by atoms with Crippen LogP contribution in [0, 0.1) is 26.9 Å². The van der Waals surface area contributed by atoms with Crippen molar-refractivity contribution in [1.82, 2.24) is 4.90 Å². The molecular formula is C24H26N4O7. The summed E-state index contributed by atoms with van der Waals surface area (Å²) in [7, 11) is 2.46. The first-order valence-electron chi connectivity index (χ1n) is 10.4. The van der Waals surface area contributed by atoms with Crippen LogP contribution in [0.4, 0.5) is 11.4 Å². The molecule has 1 unspecified atom stereocenters. The Hall–Kier alpha value is -4.59. The molecule has 0 aliphatic rings. The maximum absolute atomic E-state index is 13.3. The lowest BCUT2D eigenvalue weighted by Crippen LogP contribution is -2.52. The van der Waals surface area contributed by atoms with E-state index >= 15 is 0 Å². The van der Waals surface area contributed by atoms with Crippen molar-refractivity contribution >= 4 is 28.9 Å². The zero-order valence-electron chi connectivity index (χ0n) is 19.9. The second kappa shape index (κ2) is 10.6. The number of rotatable bonds is 7. The summed E-state index contributed by atoms with van der Waals surface area (Å²) in [5.74, 6) is -3.49. The number of nitrogens with one attached hydrogen (secondary N) is 1. The van der Waals surface area contributed by atoms with Crippen molar-refractivity contribution in [3.8, 4) is 17.6 Å². The third-order valence-corrected chi connectivity index (χ3v) is 5.12. The fraction of sp³-hybridized carbons (Fsp3) is 0.292. The molecule has 0 aliphatic carbocycles. The molecule has 184 valence electrons. The zero-order chi connectivity index (χ0) is 26.5. The second-order valence-corrected chi connectivity index (χ2v) is 8.68. The van der Waals surface area contributed by atoms with Gasteiger partial charge in [-0.1, -0.05) is 39.0 Å². The number of ether oxygens (including phenoxy) is 1. The number of hydrogen-bond acceptors (Lipinski definition) is 8. The molecule has 3 N–H and O–H groups in total. The second-order valence-electron chi connectivity index (χ2n) is 8.68. The molecule has 2 rings (SSSR count). The Balaban J connectivity index is 2.53. The first-order chi connectivity index (χ1) is 16.3. The van der Waals surface area contributed by atoms with Gasteiger partial charge in [0.25, 0.3) is 5.91 Å². The maximum Gasteiger partial charge on any atom is 0.315 e. The van der Waals surface area contributed by atoms with E-state index in [1.807, 2.05) is 0 Å². The predicted octanol–water partition coefficient (Wildman–Crippen LogP) is 3.61. The number of nitriles is 1. The Morgan fingerprint density at radius 1 is 1.23 bits per heavy atom. The monoisotopic (exact) mass is 482 g/mol. The number of benzene rings is 2. The minimum atomic E-state index is -1.06. The van der Waals surface area contributed by atoms with E-state index in [0.29, 0.717) is 5.69 Å². The fourth-order valence-corrected chi connectivity index (χ4v) is 3.55. The number of aliphatic hydroxyl groups excluding tert-OH is 1.